The highest BCUT2D eigenvalue weighted by Gasteiger charge is 2.07. The Morgan fingerprint density at radius 3 is 2.26 bits per heavy atom. The molecule has 0 bridgehead atoms. The second-order valence-corrected chi connectivity index (χ2v) is 4.21. The average molecular weight is 281 g/mol. The van der Waals surface area contributed by atoms with Gasteiger partial charge in [-0.25, -0.2) is 4.39 Å². The summed E-state index contributed by atoms with van der Waals surface area (Å²) in [6.45, 7) is 6.13. The van der Waals surface area contributed by atoms with Gasteiger partial charge < -0.3 is 4.74 Å². The van der Waals surface area contributed by atoms with E-state index >= 15 is 0 Å². The van der Waals surface area contributed by atoms with Crippen molar-refractivity contribution in [1.29, 1.82) is 0 Å². The predicted molar refractivity (Wildman–Crippen MR) is 78.3 cm³/mol. The molecule has 19 heavy (non-hydrogen) atoms. The van der Waals surface area contributed by atoms with Gasteiger partial charge in [-0.2, -0.15) is 0 Å². The molecule has 0 spiro atoms. The molecule has 0 saturated heterocycles. The van der Waals surface area contributed by atoms with E-state index in [1.54, 1.807) is 12.1 Å². The van der Waals surface area contributed by atoms with E-state index in [4.69, 9.17) is 16.3 Å². The molecule has 0 aliphatic rings. The third kappa shape index (κ3) is 4.56. The first-order chi connectivity index (χ1) is 9.16. The van der Waals surface area contributed by atoms with Crippen molar-refractivity contribution >= 4 is 11.6 Å². The fourth-order valence-corrected chi connectivity index (χ4v) is 1.68. The summed E-state index contributed by atoms with van der Waals surface area (Å²) in [6, 6.07) is 12.2. The molecule has 0 atom stereocenters. The molecule has 0 saturated carbocycles. The summed E-state index contributed by atoms with van der Waals surface area (Å²) < 4.78 is 18.9. The summed E-state index contributed by atoms with van der Waals surface area (Å²) in [6.07, 6.45) is 0. The number of ether oxygens (including phenoxy) is 1. The molecule has 102 valence electrons. The molecule has 0 heterocycles. The molecule has 0 fully saturated rings. The Morgan fingerprint density at radius 2 is 1.68 bits per heavy atom. The van der Waals surface area contributed by atoms with Crippen molar-refractivity contribution < 1.29 is 9.13 Å². The lowest BCUT2D eigenvalue weighted by atomic mass is 10.2. The number of hydrogen-bond donors (Lipinski definition) is 0. The predicted octanol–water partition coefficient (Wildman–Crippen LogP) is 5.39. The van der Waals surface area contributed by atoms with Gasteiger partial charge in [-0.3, -0.25) is 0 Å². The third-order valence-corrected chi connectivity index (χ3v) is 2.82. The van der Waals surface area contributed by atoms with Gasteiger partial charge in [-0.15, -0.1) is 0 Å². The SMILES string of the molecule is CC.Cc1ccc(OCc2c(F)cccc2Cl)cc1. The molecule has 1 nitrogen and oxygen atoms in total. The highest BCUT2D eigenvalue weighted by molar-refractivity contribution is 6.31. The molecule has 2 aromatic rings. The topological polar surface area (TPSA) is 9.23 Å². The number of benzene rings is 2. The van der Waals surface area contributed by atoms with Crippen LogP contribution in [0.5, 0.6) is 5.75 Å². The van der Waals surface area contributed by atoms with Crippen molar-refractivity contribution in [2.75, 3.05) is 0 Å². The largest absolute Gasteiger partial charge is 0.489 e. The zero-order chi connectivity index (χ0) is 14.3. The molecule has 0 N–H and O–H groups in total. The zero-order valence-electron chi connectivity index (χ0n) is 11.4. The van der Waals surface area contributed by atoms with Gasteiger partial charge in [0.25, 0.3) is 0 Å². The average Bonchev–Trinajstić information content (AvgIpc) is 2.42. The lowest BCUT2D eigenvalue weighted by Crippen LogP contribution is -1.99. The normalized spacial score (nSPS) is 9.53. The molecular weight excluding hydrogens is 263 g/mol. The van der Waals surface area contributed by atoms with E-state index < -0.39 is 0 Å². The van der Waals surface area contributed by atoms with Crippen molar-refractivity contribution in [2.45, 2.75) is 27.4 Å². The van der Waals surface area contributed by atoms with Crippen LogP contribution in [0.25, 0.3) is 0 Å². The molecule has 0 aliphatic carbocycles. The van der Waals surface area contributed by atoms with Crippen LogP contribution in [0.1, 0.15) is 25.0 Å². The molecule has 0 aromatic heterocycles. The van der Waals surface area contributed by atoms with Crippen LogP contribution >= 0.6 is 11.6 Å². The summed E-state index contributed by atoms with van der Waals surface area (Å²) in [7, 11) is 0. The minimum absolute atomic E-state index is 0.133. The molecule has 3 heteroatoms. The van der Waals surface area contributed by atoms with Gasteiger partial charge in [-0.05, 0) is 31.2 Å². The van der Waals surface area contributed by atoms with Gasteiger partial charge in [-0.1, -0.05) is 49.2 Å². The maximum atomic E-state index is 13.5. The Hall–Kier alpha value is -1.54. The van der Waals surface area contributed by atoms with E-state index in [-0.39, 0.29) is 12.4 Å². The summed E-state index contributed by atoms with van der Waals surface area (Å²) in [5.41, 5.74) is 1.54. The van der Waals surface area contributed by atoms with Crippen LogP contribution in [0.2, 0.25) is 5.02 Å². The minimum Gasteiger partial charge on any atom is -0.489 e. The van der Waals surface area contributed by atoms with E-state index in [0.29, 0.717) is 16.3 Å². The summed E-state index contributed by atoms with van der Waals surface area (Å²) in [5, 5.41) is 0.386. The van der Waals surface area contributed by atoms with Crippen molar-refractivity contribution in [3.63, 3.8) is 0 Å². The Kier molecular flexibility index (Phi) is 6.37. The molecular formula is C16H18ClFO. The second kappa shape index (κ2) is 7.80. The van der Waals surface area contributed by atoms with Crippen LogP contribution in [-0.4, -0.2) is 0 Å². The third-order valence-electron chi connectivity index (χ3n) is 2.47. The Morgan fingerprint density at radius 1 is 1.05 bits per heavy atom. The lowest BCUT2D eigenvalue weighted by molar-refractivity contribution is 0.300. The summed E-state index contributed by atoms with van der Waals surface area (Å²) in [5.74, 6) is 0.361. The Bertz CT molecular complexity index is 488. The van der Waals surface area contributed by atoms with Crippen LogP contribution in [0.15, 0.2) is 42.5 Å². The summed E-state index contributed by atoms with van der Waals surface area (Å²) >= 11 is 5.90. The zero-order valence-corrected chi connectivity index (χ0v) is 12.2. The summed E-state index contributed by atoms with van der Waals surface area (Å²) in [4.78, 5) is 0. The minimum atomic E-state index is -0.343. The van der Waals surface area contributed by atoms with Gasteiger partial charge in [0.1, 0.15) is 18.2 Å². The first-order valence-electron chi connectivity index (χ1n) is 6.29. The van der Waals surface area contributed by atoms with Crippen LogP contribution in [-0.2, 0) is 6.61 Å². The van der Waals surface area contributed by atoms with Crippen molar-refractivity contribution in [3.8, 4) is 5.75 Å². The van der Waals surface area contributed by atoms with E-state index in [1.807, 2.05) is 45.0 Å². The van der Waals surface area contributed by atoms with Crippen LogP contribution in [0, 0.1) is 12.7 Å². The van der Waals surface area contributed by atoms with Crippen LogP contribution in [0.4, 0.5) is 4.39 Å². The maximum absolute atomic E-state index is 13.5. The number of aryl methyl sites for hydroxylation is 1. The number of hydrogen-bond acceptors (Lipinski definition) is 1. The van der Waals surface area contributed by atoms with E-state index in [0.717, 1.165) is 5.56 Å². The van der Waals surface area contributed by atoms with E-state index in [9.17, 15) is 4.39 Å². The monoisotopic (exact) mass is 280 g/mol. The van der Waals surface area contributed by atoms with Crippen molar-refractivity contribution in [3.05, 3.63) is 64.4 Å². The fourth-order valence-electron chi connectivity index (χ4n) is 1.46. The quantitative estimate of drug-likeness (QED) is 0.732. The van der Waals surface area contributed by atoms with Crippen LogP contribution in [0.3, 0.4) is 0 Å². The van der Waals surface area contributed by atoms with Gasteiger partial charge in [0.15, 0.2) is 0 Å². The van der Waals surface area contributed by atoms with Crippen molar-refractivity contribution in [1.82, 2.24) is 0 Å². The first-order valence-corrected chi connectivity index (χ1v) is 6.67. The molecule has 2 aromatic carbocycles. The van der Waals surface area contributed by atoms with Gasteiger partial charge in [0.2, 0.25) is 0 Å². The maximum Gasteiger partial charge on any atom is 0.131 e. The highest BCUT2D eigenvalue weighted by Crippen LogP contribution is 2.21. The number of halogens is 2. The van der Waals surface area contributed by atoms with Gasteiger partial charge in [0, 0.05) is 5.56 Å². The van der Waals surface area contributed by atoms with Gasteiger partial charge >= 0.3 is 0 Å². The van der Waals surface area contributed by atoms with E-state index in [2.05, 4.69) is 0 Å². The molecule has 0 unspecified atom stereocenters. The Balaban J connectivity index is 0.000000861. The smallest absolute Gasteiger partial charge is 0.131 e. The molecule has 0 amide bonds. The molecule has 0 aliphatic heterocycles. The number of rotatable bonds is 3. The Labute approximate surface area is 119 Å². The van der Waals surface area contributed by atoms with Gasteiger partial charge in [0.05, 0.1) is 5.02 Å². The molecule has 2 rings (SSSR count). The fraction of sp³-hybridized carbons (Fsp3) is 0.250. The molecule has 0 radical (unpaired) electrons. The standard InChI is InChI=1S/C14H12ClFO.C2H6/c1-10-5-7-11(8-6-10)17-9-12-13(15)3-2-4-14(12)16;1-2/h2-8H,9H2,1H3;1-2H3. The first kappa shape index (κ1) is 15.5. The second-order valence-electron chi connectivity index (χ2n) is 3.80. The lowest BCUT2D eigenvalue weighted by Gasteiger charge is -2.08. The van der Waals surface area contributed by atoms with Crippen molar-refractivity contribution in [2.24, 2.45) is 0 Å². The van der Waals surface area contributed by atoms with Crippen LogP contribution < -0.4 is 4.74 Å². The van der Waals surface area contributed by atoms with E-state index in [1.165, 1.54) is 6.07 Å². The highest BCUT2D eigenvalue weighted by atomic mass is 35.5.